The molecule has 1 aliphatic heterocycles. The van der Waals surface area contributed by atoms with Gasteiger partial charge in [0, 0.05) is 6.07 Å². The molecule has 1 aromatic heterocycles. The van der Waals surface area contributed by atoms with Gasteiger partial charge in [-0.3, -0.25) is 4.90 Å². The molecule has 1 aromatic rings. The first-order chi connectivity index (χ1) is 5.88. The first-order valence-electron chi connectivity index (χ1n) is 4.17. The van der Waals surface area contributed by atoms with Crippen LogP contribution < -0.4 is 9.63 Å². The second-order valence-corrected chi connectivity index (χ2v) is 2.94. The fourth-order valence-corrected chi connectivity index (χ4v) is 1.49. The minimum Gasteiger partial charge on any atom is -0.740 e. The van der Waals surface area contributed by atoms with Crippen molar-refractivity contribution < 1.29 is 4.73 Å². The van der Waals surface area contributed by atoms with Crippen LogP contribution >= 0.6 is 0 Å². The minimum absolute atomic E-state index is 0.537. The van der Waals surface area contributed by atoms with Gasteiger partial charge < -0.3 is 5.21 Å². The van der Waals surface area contributed by atoms with Crippen LogP contribution in [0.4, 0.5) is 5.95 Å². The lowest BCUT2D eigenvalue weighted by atomic mass is 10.4. The summed E-state index contributed by atoms with van der Waals surface area (Å²) in [7, 11) is 0. The van der Waals surface area contributed by atoms with Crippen LogP contribution in [-0.4, -0.2) is 18.1 Å². The molecule has 0 radical (unpaired) electrons. The molecular formula is C8H11N3O. The molecule has 2 heterocycles. The van der Waals surface area contributed by atoms with Crippen molar-refractivity contribution in [3.8, 4) is 0 Å². The summed E-state index contributed by atoms with van der Waals surface area (Å²) < 4.78 is 0.825. The Balaban J connectivity index is 2.26. The highest BCUT2D eigenvalue weighted by atomic mass is 16.5. The highest BCUT2D eigenvalue weighted by molar-refractivity contribution is 5.24. The monoisotopic (exact) mass is 165 g/mol. The van der Waals surface area contributed by atoms with Gasteiger partial charge in [0.1, 0.15) is 6.20 Å². The maximum absolute atomic E-state index is 11.2. The maximum atomic E-state index is 11.2. The fraction of sp³-hybridized carbons (Fsp3) is 0.500. The van der Waals surface area contributed by atoms with Gasteiger partial charge in [0.25, 0.3) is 0 Å². The lowest BCUT2D eigenvalue weighted by molar-refractivity contribution is -0.595. The van der Waals surface area contributed by atoms with Crippen LogP contribution in [0.3, 0.4) is 0 Å². The molecule has 12 heavy (non-hydrogen) atoms. The standard InChI is InChI=1S/C8H11N3O/c12-11-7-3-4-9-8(11)10-5-1-2-6-10/h3-4,7H,1-2,5-6H2. The number of nitrogens with zero attached hydrogens (tertiary/aromatic N) is 3. The summed E-state index contributed by atoms with van der Waals surface area (Å²) in [5.74, 6) is 0.537. The molecule has 0 bridgehead atoms. The van der Waals surface area contributed by atoms with Crippen molar-refractivity contribution >= 4 is 5.95 Å². The number of hydrogen-bond donors (Lipinski definition) is 0. The summed E-state index contributed by atoms with van der Waals surface area (Å²) in [5, 5.41) is 11.2. The van der Waals surface area contributed by atoms with Crippen molar-refractivity contribution in [2.24, 2.45) is 0 Å². The molecular weight excluding hydrogens is 154 g/mol. The van der Waals surface area contributed by atoms with Crippen LogP contribution in [0.2, 0.25) is 0 Å². The van der Waals surface area contributed by atoms with Gasteiger partial charge >= 0.3 is 5.95 Å². The first kappa shape index (κ1) is 7.34. The van der Waals surface area contributed by atoms with Crippen molar-refractivity contribution in [3.63, 3.8) is 0 Å². The first-order valence-corrected chi connectivity index (χ1v) is 4.17. The number of aromatic nitrogens is 2. The van der Waals surface area contributed by atoms with Gasteiger partial charge in [0.15, 0.2) is 0 Å². The van der Waals surface area contributed by atoms with Gasteiger partial charge in [-0.2, -0.15) is 0 Å². The molecule has 0 unspecified atom stereocenters. The molecule has 0 saturated carbocycles. The maximum Gasteiger partial charge on any atom is 0.394 e. The van der Waals surface area contributed by atoms with Gasteiger partial charge in [-0.15, -0.1) is 0 Å². The van der Waals surface area contributed by atoms with Gasteiger partial charge in [-0.25, -0.2) is 4.73 Å². The Bertz CT molecular complexity index is 271. The SMILES string of the molecule is [O-][n+]1cccnc1N1CCCC1. The molecule has 0 N–H and O–H groups in total. The Hall–Kier alpha value is -1.32. The van der Waals surface area contributed by atoms with E-state index in [1.807, 2.05) is 4.90 Å². The molecule has 0 aliphatic carbocycles. The zero-order chi connectivity index (χ0) is 8.39. The van der Waals surface area contributed by atoms with E-state index in [4.69, 9.17) is 0 Å². The van der Waals surface area contributed by atoms with E-state index in [0.717, 1.165) is 30.7 Å². The van der Waals surface area contributed by atoms with Crippen LogP contribution in [-0.2, 0) is 0 Å². The molecule has 1 aliphatic rings. The van der Waals surface area contributed by atoms with Gasteiger partial charge in [-0.05, 0) is 12.8 Å². The number of rotatable bonds is 1. The predicted molar refractivity (Wildman–Crippen MR) is 44.6 cm³/mol. The Kier molecular flexibility index (Phi) is 1.81. The molecule has 2 rings (SSSR count). The van der Waals surface area contributed by atoms with E-state index in [1.54, 1.807) is 12.3 Å². The number of hydrogen-bond acceptors (Lipinski definition) is 3. The third-order valence-electron chi connectivity index (χ3n) is 2.08. The summed E-state index contributed by atoms with van der Waals surface area (Å²) in [6.07, 6.45) is 5.47. The Morgan fingerprint density at radius 3 is 2.83 bits per heavy atom. The Morgan fingerprint density at radius 2 is 2.17 bits per heavy atom. The third kappa shape index (κ3) is 1.20. The van der Waals surface area contributed by atoms with Crippen LogP contribution in [0.25, 0.3) is 0 Å². The fourth-order valence-electron chi connectivity index (χ4n) is 1.49. The summed E-state index contributed by atoms with van der Waals surface area (Å²) in [6.45, 7) is 1.92. The molecule has 64 valence electrons. The lowest BCUT2D eigenvalue weighted by Crippen LogP contribution is -2.37. The molecule has 1 saturated heterocycles. The van der Waals surface area contributed by atoms with Gasteiger partial charge in [-0.1, -0.05) is 4.98 Å². The van der Waals surface area contributed by atoms with E-state index >= 15 is 0 Å². The topological polar surface area (TPSA) is 43.1 Å². The second-order valence-electron chi connectivity index (χ2n) is 2.94. The van der Waals surface area contributed by atoms with Crippen molar-refractivity contribution in [3.05, 3.63) is 23.7 Å². The smallest absolute Gasteiger partial charge is 0.394 e. The minimum atomic E-state index is 0.537. The van der Waals surface area contributed by atoms with E-state index in [-0.39, 0.29) is 0 Å². The summed E-state index contributed by atoms with van der Waals surface area (Å²) in [6, 6.07) is 1.65. The third-order valence-corrected chi connectivity index (χ3v) is 2.08. The van der Waals surface area contributed by atoms with Gasteiger partial charge in [0.2, 0.25) is 0 Å². The van der Waals surface area contributed by atoms with Crippen LogP contribution in [0.15, 0.2) is 18.5 Å². The van der Waals surface area contributed by atoms with Crippen LogP contribution in [0, 0.1) is 5.21 Å². The largest absolute Gasteiger partial charge is 0.740 e. The molecule has 0 aromatic carbocycles. The quantitative estimate of drug-likeness (QED) is 0.444. The van der Waals surface area contributed by atoms with Crippen molar-refractivity contribution in [2.45, 2.75) is 12.8 Å². The molecule has 0 spiro atoms. The molecule has 0 amide bonds. The highest BCUT2D eigenvalue weighted by Crippen LogP contribution is 2.12. The van der Waals surface area contributed by atoms with Gasteiger partial charge in [0.05, 0.1) is 19.3 Å². The Morgan fingerprint density at radius 1 is 1.42 bits per heavy atom. The van der Waals surface area contributed by atoms with E-state index in [0.29, 0.717) is 5.95 Å². The zero-order valence-electron chi connectivity index (χ0n) is 6.81. The molecule has 1 fully saturated rings. The normalized spacial score (nSPS) is 16.8. The average Bonchev–Trinajstić information content (AvgIpc) is 2.57. The molecule has 4 heteroatoms. The molecule has 0 atom stereocenters. The lowest BCUT2D eigenvalue weighted by Gasteiger charge is -2.13. The van der Waals surface area contributed by atoms with Crippen molar-refractivity contribution in [1.82, 2.24) is 4.98 Å². The van der Waals surface area contributed by atoms with Crippen LogP contribution in [0.1, 0.15) is 12.8 Å². The second kappa shape index (κ2) is 2.97. The molecule has 4 nitrogen and oxygen atoms in total. The average molecular weight is 165 g/mol. The van der Waals surface area contributed by atoms with Crippen molar-refractivity contribution in [1.29, 1.82) is 0 Å². The van der Waals surface area contributed by atoms with E-state index in [1.165, 1.54) is 6.20 Å². The highest BCUT2D eigenvalue weighted by Gasteiger charge is 2.21. The summed E-state index contributed by atoms with van der Waals surface area (Å²) >= 11 is 0. The van der Waals surface area contributed by atoms with E-state index in [9.17, 15) is 5.21 Å². The van der Waals surface area contributed by atoms with Crippen LogP contribution in [0.5, 0.6) is 0 Å². The van der Waals surface area contributed by atoms with E-state index < -0.39 is 0 Å². The van der Waals surface area contributed by atoms with E-state index in [2.05, 4.69) is 4.98 Å². The van der Waals surface area contributed by atoms with Crippen molar-refractivity contribution in [2.75, 3.05) is 18.0 Å². The Labute approximate surface area is 71.0 Å². The number of anilines is 1. The summed E-state index contributed by atoms with van der Waals surface area (Å²) in [5.41, 5.74) is 0. The zero-order valence-corrected chi connectivity index (χ0v) is 6.81. The predicted octanol–water partition coefficient (Wildman–Crippen LogP) is 0.315. The summed E-state index contributed by atoms with van der Waals surface area (Å²) in [4.78, 5) is 6.06.